The molecule has 16 heavy (non-hydrogen) atoms. The predicted octanol–water partition coefficient (Wildman–Crippen LogP) is 2.50. The Hall–Kier alpha value is -1.61. The first-order valence-electron chi connectivity index (χ1n) is 5.16. The number of nitrogens with zero attached hydrogens (tertiary/aromatic N) is 1. The molecule has 0 aliphatic carbocycles. The molecule has 0 fully saturated rings. The molecular weight excluding hydrogens is 202 g/mol. The molecule has 2 aromatic rings. The number of aromatic nitrogens is 1. The Morgan fingerprint density at radius 1 is 1.44 bits per heavy atom. The standard InChI is InChI=1S/C13H14NO2/c1-3-13(15)10-6-7-14-12-5-4-9(16-2)8-11(10)12/h4-8,13,15H,1,3H2,2H3. The van der Waals surface area contributed by atoms with Gasteiger partial charge in [0.25, 0.3) is 0 Å². The zero-order valence-electron chi connectivity index (χ0n) is 9.18. The predicted molar refractivity (Wildman–Crippen MR) is 63.2 cm³/mol. The van der Waals surface area contributed by atoms with E-state index in [9.17, 15) is 5.11 Å². The lowest BCUT2D eigenvalue weighted by atomic mass is 10.0. The lowest BCUT2D eigenvalue weighted by Gasteiger charge is -2.11. The first-order valence-corrected chi connectivity index (χ1v) is 5.16. The third kappa shape index (κ3) is 1.86. The van der Waals surface area contributed by atoms with Gasteiger partial charge in [-0.25, -0.2) is 0 Å². The van der Waals surface area contributed by atoms with Gasteiger partial charge in [0, 0.05) is 11.6 Å². The number of fused-ring (bicyclic) bond motifs is 1. The maximum atomic E-state index is 9.86. The minimum Gasteiger partial charge on any atom is -0.497 e. The second-order valence-corrected chi connectivity index (χ2v) is 3.59. The minimum atomic E-state index is -0.558. The van der Waals surface area contributed by atoms with E-state index in [2.05, 4.69) is 11.9 Å². The molecule has 3 heteroatoms. The monoisotopic (exact) mass is 216 g/mol. The fourth-order valence-electron chi connectivity index (χ4n) is 1.72. The van der Waals surface area contributed by atoms with Crippen molar-refractivity contribution in [2.24, 2.45) is 0 Å². The molecule has 83 valence electrons. The number of hydrogen-bond donors (Lipinski definition) is 1. The first kappa shape index (κ1) is 10.9. The van der Waals surface area contributed by atoms with E-state index in [-0.39, 0.29) is 0 Å². The Morgan fingerprint density at radius 2 is 2.25 bits per heavy atom. The highest BCUT2D eigenvalue weighted by Crippen LogP contribution is 2.27. The highest BCUT2D eigenvalue weighted by molar-refractivity contribution is 5.83. The Bertz CT molecular complexity index is 496. The Morgan fingerprint density at radius 3 is 2.94 bits per heavy atom. The van der Waals surface area contributed by atoms with E-state index in [4.69, 9.17) is 4.74 Å². The average molecular weight is 216 g/mol. The normalized spacial score (nSPS) is 12.7. The highest BCUT2D eigenvalue weighted by Gasteiger charge is 2.10. The van der Waals surface area contributed by atoms with Gasteiger partial charge < -0.3 is 9.84 Å². The molecule has 0 saturated carbocycles. The minimum absolute atomic E-state index is 0.441. The van der Waals surface area contributed by atoms with Gasteiger partial charge in [0.05, 0.1) is 18.7 Å². The fraction of sp³-hybridized carbons (Fsp3) is 0.231. The van der Waals surface area contributed by atoms with Crippen LogP contribution in [0.3, 0.4) is 0 Å². The van der Waals surface area contributed by atoms with E-state index in [1.807, 2.05) is 24.3 Å². The third-order valence-corrected chi connectivity index (χ3v) is 2.61. The molecule has 1 N–H and O–H groups in total. The van der Waals surface area contributed by atoms with Crippen LogP contribution in [-0.2, 0) is 0 Å². The molecular formula is C13H14NO2. The summed E-state index contributed by atoms with van der Waals surface area (Å²) in [5.74, 6) is 0.762. The smallest absolute Gasteiger partial charge is 0.119 e. The van der Waals surface area contributed by atoms with E-state index >= 15 is 0 Å². The zero-order valence-corrected chi connectivity index (χ0v) is 9.18. The maximum Gasteiger partial charge on any atom is 0.119 e. The molecule has 0 spiro atoms. The van der Waals surface area contributed by atoms with Crippen LogP contribution in [0, 0.1) is 6.92 Å². The van der Waals surface area contributed by atoms with Gasteiger partial charge in [-0.2, -0.15) is 0 Å². The molecule has 2 rings (SSSR count). The molecule has 0 aliphatic heterocycles. The van der Waals surface area contributed by atoms with Crippen LogP contribution in [0.4, 0.5) is 0 Å². The lowest BCUT2D eigenvalue weighted by Crippen LogP contribution is -1.97. The van der Waals surface area contributed by atoms with Gasteiger partial charge in [-0.05, 0) is 36.2 Å². The van der Waals surface area contributed by atoms with Gasteiger partial charge in [-0.15, -0.1) is 0 Å². The number of ether oxygens (including phenoxy) is 1. The van der Waals surface area contributed by atoms with Gasteiger partial charge >= 0.3 is 0 Å². The summed E-state index contributed by atoms with van der Waals surface area (Å²) >= 11 is 0. The molecule has 1 aromatic heterocycles. The quantitative estimate of drug-likeness (QED) is 0.857. The van der Waals surface area contributed by atoms with Gasteiger partial charge in [-0.1, -0.05) is 6.92 Å². The summed E-state index contributed by atoms with van der Waals surface area (Å²) in [4.78, 5) is 4.25. The van der Waals surface area contributed by atoms with Crippen molar-refractivity contribution in [2.75, 3.05) is 7.11 Å². The van der Waals surface area contributed by atoms with Crippen LogP contribution in [-0.4, -0.2) is 17.2 Å². The van der Waals surface area contributed by atoms with Gasteiger partial charge in [0.1, 0.15) is 5.75 Å². The van der Waals surface area contributed by atoms with Crippen molar-refractivity contribution in [1.29, 1.82) is 0 Å². The maximum absolute atomic E-state index is 9.86. The van der Waals surface area contributed by atoms with E-state index < -0.39 is 6.10 Å². The van der Waals surface area contributed by atoms with Gasteiger partial charge in [0.2, 0.25) is 0 Å². The molecule has 0 bridgehead atoms. The number of rotatable bonds is 3. The number of aliphatic hydroxyl groups excluding tert-OH is 1. The number of methoxy groups -OCH3 is 1. The topological polar surface area (TPSA) is 42.4 Å². The number of pyridine rings is 1. The molecule has 1 aromatic carbocycles. The summed E-state index contributed by atoms with van der Waals surface area (Å²) in [7, 11) is 1.62. The molecule has 3 nitrogen and oxygen atoms in total. The summed E-state index contributed by atoms with van der Waals surface area (Å²) < 4.78 is 5.17. The van der Waals surface area contributed by atoms with Crippen LogP contribution in [0.25, 0.3) is 10.9 Å². The van der Waals surface area contributed by atoms with E-state index in [1.165, 1.54) is 0 Å². The summed E-state index contributed by atoms with van der Waals surface area (Å²) in [6.45, 7) is 3.71. The molecule has 1 atom stereocenters. The molecule has 0 saturated heterocycles. The van der Waals surface area contributed by atoms with Crippen molar-refractivity contribution in [3.8, 4) is 5.75 Å². The molecule has 1 radical (unpaired) electrons. The Kier molecular flexibility index (Phi) is 3.06. The summed E-state index contributed by atoms with van der Waals surface area (Å²) in [6.07, 6.45) is 1.58. The summed E-state index contributed by atoms with van der Waals surface area (Å²) in [6, 6.07) is 7.44. The van der Waals surface area contributed by atoms with Crippen molar-refractivity contribution in [3.05, 3.63) is 42.9 Å². The fourth-order valence-corrected chi connectivity index (χ4v) is 1.72. The van der Waals surface area contributed by atoms with Crippen LogP contribution in [0.15, 0.2) is 30.5 Å². The first-order chi connectivity index (χ1) is 7.76. The second kappa shape index (κ2) is 4.49. The molecule has 0 aliphatic rings. The number of hydrogen-bond acceptors (Lipinski definition) is 3. The second-order valence-electron chi connectivity index (χ2n) is 3.59. The number of benzene rings is 1. The summed E-state index contributed by atoms with van der Waals surface area (Å²) in [5.41, 5.74) is 1.70. The van der Waals surface area contributed by atoms with Gasteiger partial charge in [0.15, 0.2) is 0 Å². The molecule has 1 unspecified atom stereocenters. The average Bonchev–Trinajstić information content (AvgIpc) is 2.36. The van der Waals surface area contributed by atoms with Crippen molar-refractivity contribution in [3.63, 3.8) is 0 Å². The van der Waals surface area contributed by atoms with E-state index in [0.717, 1.165) is 22.2 Å². The van der Waals surface area contributed by atoms with E-state index in [1.54, 1.807) is 13.3 Å². The van der Waals surface area contributed by atoms with Crippen LogP contribution < -0.4 is 4.74 Å². The zero-order chi connectivity index (χ0) is 11.5. The molecule has 0 amide bonds. The van der Waals surface area contributed by atoms with Crippen LogP contribution in [0.2, 0.25) is 0 Å². The largest absolute Gasteiger partial charge is 0.497 e. The van der Waals surface area contributed by atoms with Crippen molar-refractivity contribution < 1.29 is 9.84 Å². The van der Waals surface area contributed by atoms with Crippen molar-refractivity contribution >= 4 is 10.9 Å². The van der Waals surface area contributed by atoms with Crippen LogP contribution >= 0.6 is 0 Å². The van der Waals surface area contributed by atoms with E-state index in [0.29, 0.717) is 6.42 Å². The number of aliphatic hydroxyl groups is 1. The Balaban J connectivity index is 2.64. The van der Waals surface area contributed by atoms with Crippen molar-refractivity contribution in [1.82, 2.24) is 4.98 Å². The van der Waals surface area contributed by atoms with Crippen LogP contribution in [0.1, 0.15) is 18.1 Å². The van der Waals surface area contributed by atoms with Crippen LogP contribution in [0.5, 0.6) is 5.75 Å². The summed E-state index contributed by atoms with van der Waals surface area (Å²) in [5, 5.41) is 10.8. The van der Waals surface area contributed by atoms with Gasteiger partial charge in [-0.3, -0.25) is 4.98 Å². The molecule has 1 heterocycles. The highest BCUT2D eigenvalue weighted by atomic mass is 16.5. The third-order valence-electron chi connectivity index (χ3n) is 2.61. The lowest BCUT2D eigenvalue weighted by molar-refractivity contribution is 0.182. The Labute approximate surface area is 94.7 Å². The SMILES string of the molecule is [CH2]CC(O)c1ccnc2ccc(OC)cc12. The van der Waals surface area contributed by atoms with Crippen molar-refractivity contribution in [2.45, 2.75) is 12.5 Å².